The molecule has 3 unspecified atom stereocenters. The van der Waals surface area contributed by atoms with Crippen LogP contribution in [0.4, 0.5) is 0 Å². The molecular weight excluding hydrogens is 528 g/mol. The van der Waals surface area contributed by atoms with Gasteiger partial charge in [0.25, 0.3) is 0 Å². The Balaban J connectivity index is 1.19. The average molecular weight is 595 g/mol. The summed E-state index contributed by atoms with van der Waals surface area (Å²) in [5, 5.41) is 4.83. The predicted molar refractivity (Wildman–Crippen MR) is 169 cm³/mol. The third-order valence-corrected chi connectivity index (χ3v) is 10.2. The van der Waals surface area contributed by atoms with Gasteiger partial charge in [-0.3, -0.25) is 14.3 Å². The van der Waals surface area contributed by atoms with Crippen LogP contribution in [0, 0.1) is 0 Å². The number of quaternary nitrogens is 1. The normalized spacial score (nSPS) is 30.1. The van der Waals surface area contributed by atoms with E-state index < -0.39 is 0 Å². The summed E-state index contributed by atoms with van der Waals surface area (Å²) in [5.74, 6) is 0. The first kappa shape index (κ1) is 34.6. The summed E-state index contributed by atoms with van der Waals surface area (Å²) in [6.45, 7) is 14.9. The Morgan fingerprint density at radius 3 is 1.48 bits per heavy atom. The third kappa shape index (κ3) is 11.9. The molecule has 8 nitrogen and oxygen atoms in total. The fraction of sp³-hybridized carbons (Fsp3) is 1.00. The van der Waals surface area contributed by atoms with Gasteiger partial charge < -0.3 is 18.9 Å². The van der Waals surface area contributed by atoms with Crippen LogP contribution in [0.2, 0.25) is 0 Å². The number of hydrogen-bond acceptors (Lipinski definition) is 6. The molecule has 0 amide bonds. The van der Waals surface area contributed by atoms with Gasteiger partial charge in [0.1, 0.15) is 13.1 Å². The lowest BCUT2D eigenvalue weighted by Gasteiger charge is -2.55. The standard InChI is InChI=1S/C34H66N4O4/c1-2-3-4-5-6-7-8-9-10-11-12-13-14-15-16-17-23-38(34-29-35-18-24-41-34)30-32(36-19-25-39-26-20-36)42-33(31-38)37-21-27-40-28-22-37/h32-34H,2-31H2,1H3/q+1. The zero-order valence-corrected chi connectivity index (χ0v) is 27.4. The Morgan fingerprint density at radius 1 is 0.595 bits per heavy atom. The molecule has 1 radical (unpaired) electrons. The molecule has 42 heavy (non-hydrogen) atoms. The van der Waals surface area contributed by atoms with Gasteiger partial charge >= 0.3 is 0 Å². The van der Waals surface area contributed by atoms with Gasteiger partial charge in [-0.25, -0.2) is 5.32 Å². The molecule has 4 saturated heterocycles. The Bertz CT molecular complexity index is 642. The van der Waals surface area contributed by atoms with Crippen molar-refractivity contribution in [2.75, 3.05) is 91.9 Å². The zero-order chi connectivity index (χ0) is 29.1. The van der Waals surface area contributed by atoms with Crippen LogP contribution in [-0.4, -0.2) is 125 Å². The largest absolute Gasteiger partial charge is 0.379 e. The molecule has 0 saturated carbocycles. The van der Waals surface area contributed by atoms with Gasteiger partial charge in [0.05, 0.1) is 46.1 Å². The van der Waals surface area contributed by atoms with Crippen LogP contribution in [0.5, 0.6) is 0 Å². The zero-order valence-electron chi connectivity index (χ0n) is 27.4. The number of morpholine rings is 4. The molecule has 245 valence electrons. The first-order valence-corrected chi connectivity index (χ1v) is 18.2. The van der Waals surface area contributed by atoms with Crippen LogP contribution < -0.4 is 5.32 Å². The van der Waals surface area contributed by atoms with Crippen molar-refractivity contribution in [1.29, 1.82) is 0 Å². The lowest BCUT2D eigenvalue weighted by Crippen LogP contribution is -2.73. The molecular formula is C34H66N4O4+. The Kier molecular flexibility index (Phi) is 17.0. The molecule has 4 rings (SSSR count). The van der Waals surface area contributed by atoms with Crippen LogP contribution in [0.15, 0.2) is 0 Å². The topological polar surface area (TPSA) is 57.5 Å². The van der Waals surface area contributed by atoms with Crippen LogP contribution >= 0.6 is 0 Å². The maximum atomic E-state index is 6.88. The van der Waals surface area contributed by atoms with Crippen molar-refractivity contribution < 1.29 is 23.4 Å². The molecule has 4 aliphatic heterocycles. The first-order chi connectivity index (χ1) is 20.8. The second-order valence-electron chi connectivity index (χ2n) is 13.4. The van der Waals surface area contributed by atoms with Gasteiger partial charge in [0.2, 0.25) is 6.23 Å². The van der Waals surface area contributed by atoms with Gasteiger partial charge in [-0.1, -0.05) is 96.8 Å². The Morgan fingerprint density at radius 2 is 1.05 bits per heavy atom. The summed E-state index contributed by atoms with van der Waals surface area (Å²) < 4.78 is 25.8. The van der Waals surface area contributed by atoms with Crippen molar-refractivity contribution in [3.63, 3.8) is 0 Å². The van der Waals surface area contributed by atoms with Crippen LogP contribution in [0.25, 0.3) is 0 Å². The number of unbranched alkanes of at least 4 members (excludes halogenated alkanes) is 15. The SMILES string of the molecule is CCCCCCCCCCCCCCCCCC[N+]1(C2C[N]CCO2)CC(N2CCOCC2)OC(N2CCOCC2)C1. The second kappa shape index (κ2) is 20.7. The van der Waals surface area contributed by atoms with Crippen molar-refractivity contribution in [2.45, 2.75) is 128 Å². The number of hydrogen-bond donors (Lipinski definition) is 0. The van der Waals surface area contributed by atoms with E-state index in [1.165, 1.54) is 109 Å². The first-order valence-electron chi connectivity index (χ1n) is 18.2. The van der Waals surface area contributed by atoms with Gasteiger partial charge in [-0.15, -0.1) is 0 Å². The number of rotatable bonds is 20. The quantitative estimate of drug-likeness (QED) is 0.140. The van der Waals surface area contributed by atoms with E-state index in [4.69, 9.17) is 24.3 Å². The molecule has 4 fully saturated rings. The van der Waals surface area contributed by atoms with Crippen molar-refractivity contribution >= 4 is 0 Å². The maximum absolute atomic E-state index is 6.88. The van der Waals surface area contributed by atoms with Crippen molar-refractivity contribution in [3.05, 3.63) is 0 Å². The van der Waals surface area contributed by atoms with E-state index in [2.05, 4.69) is 16.7 Å². The molecule has 0 bridgehead atoms. The van der Waals surface area contributed by atoms with Crippen LogP contribution in [0.1, 0.15) is 110 Å². The molecule has 3 atom stereocenters. The minimum absolute atomic E-state index is 0.113. The van der Waals surface area contributed by atoms with E-state index in [1.807, 2.05) is 0 Å². The molecule has 0 spiro atoms. The van der Waals surface area contributed by atoms with Gasteiger partial charge in [-0.2, -0.15) is 0 Å². The van der Waals surface area contributed by atoms with E-state index in [1.54, 1.807) is 0 Å². The molecule has 0 N–H and O–H groups in total. The van der Waals surface area contributed by atoms with E-state index in [0.29, 0.717) is 0 Å². The minimum Gasteiger partial charge on any atom is -0.379 e. The molecule has 0 aromatic carbocycles. The second-order valence-corrected chi connectivity index (χ2v) is 13.4. The van der Waals surface area contributed by atoms with Crippen molar-refractivity contribution in [1.82, 2.24) is 15.1 Å². The maximum Gasteiger partial charge on any atom is 0.207 e. The number of nitrogens with zero attached hydrogens (tertiary/aromatic N) is 4. The van der Waals surface area contributed by atoms with Gasteiger partial charge in [0.15, 0.2) is 12.5 Å². The Hall–Kier alpha value is -0.320. The fourth-order valence-electron chi connectivity index (χ4n) is 7.47. The van der Waals surface area contributed by atoms with Crippen molar-refractivity contribution in [2.24, 2.45) is 0 Å². The monoisotopic (exact) mass is 595 g/mol. The average Bonchev–Trinajstić information content (AvgIpc) is 3.05. The van der Waals surface area contributed by atoms with E-state index in [9.17, 15) is 0 Å². The Labute approximate surface area is 258 Å². The van der Waals surface area contributed by atoms with E-state index in [-0.39, 0.29) is 18.7 Å². The highest BCUT2D eigenvalue weighted by molar-refractivity contribution is 4.78. The lowest BCUT2D eigenvalue weighted by molar-refractivity contribution is -0.986. The summed E-state index contributed by atoms with van der Waals surface area (Å²) in [6, 6.07) is 0. The number of ether oxygens (including phenoxy) is 4. The predicted octanol–water partition coefficient (Wildman–Crippen LogP) is 5.37. The van der Waals surface area contributed by atoms with Gasteiger partial charge in [-0.05, 0) is 12.8 Å². The highest BCUT2D eigenvalue weighted by atomic mass is 16.5. The summed E-state index contributed by atoms with van der Waals surface area (Å²) in [5.41, 5.74) is 0. The van der Waals surface area contributed by atoms with Crippen LogP contribution in [-0.2, 0) is 18.9 Å². The smallest absolute Gasteiger partial charge is 0.207 e. The summed E-state index contributed by atoms with van der Waals surface area (Å²) in [7, 11) is 0. The molecule has 4 heterocycles. The molecule has 4 aliphatic rings. The van der Waals surface area contributed by atoms with E-state index >= 15 is 0 Å². The van der Waals surface area contributed by atoms with Gasteiger partial charge in [0, 0.05) is 32.7 Å². The van der Waals surface area contributed by atoms with E-state index in [0.717, 1.165) is 89.9 Å². The summed E-state index contributed by atoms with van der Waals surface area (Å²) in [4.78, 5) is 5.05. The van der Waals surface area contributed by atoms with Crippen LogP contribution in [0.3, 0.4) is 0 Å². The fourth-order valence-corrected chi connectivity index (χ4v) is 7.47. The summed E-state index contributed by atoms with van der Waals surface area (Å²) in [6.07, 6.45) is 22.9. The highest BCUT2D eigenvalue weighted by Crippen LogP contribution is 2.30. The summed E-state index contributed by atoms with van der Waals surface area (Å²) >= 11 is 0. The third-order valence-electron chi connectivity index (χ3n) is 10.2. The lowest BCUT2D eigenvalue weighted by atomic mass is 10.0. The molecule has 8 heteroatoms. The minimum atomic E-state index is 0.113. The molecule has 0 aliphatic carbocycles. The molecule has 0 aromatic rings. The van der Waals surface area contributed by atoms with Crippen molar-refractivity contribution in [3.8, 4) is 0 Å². The molecule has 0 aromatic heterocycles. The highest BCUT2D eigenvalue weighted by Gasteiger charge is 2.50.